The summed E-state index contributed by atoms with van der Waals surface area (Å²) in [4.78, 5) is 0. The van der Waals surface area contributed by atoms with Gasteiger partial charge < -0.3 is 10.1 Å². The predicted octanol–water partition coefficient (Wildman–Crippen LogP) is 3.61. The SMILES string of the molecule is CCCCOCCCNCC1CCC(C)CC1. The lowest BCUT2D eigenvalue weighted by Gasteiger charge is -2.26. The van der Waals surface area contributed by atoms with E-state index in [1.165, 1.54) is 45.1 Å². The van der Waals surface area contributed by atoms with Gasteiger partial charge in [-0.05, 0) is 50.6 Å². The standard InChI is InChI=1S/C15H31NO/c1-3-4-11-17-12-5-10-16-13-15-8-6-14(2)7-9-15/h14-16H,3-13H2,1-2H3. The van der Waals surface area contributed by atoms with Crippen molar-refractivity contribution in [1.29, 1.82) is 0 Å². The lowest BCUT2D eigenvalue weighted by Crippen LogP contribution is -2.27. The summed E-state index contributed by atoms with van der Waals surface area (Å²) in [5.74, 6) is 1.91. The third-order valence-corrected chi connectivity index (χ3v) is 3.85. The highest BCUT2D eigenvalue weighted by molar-refractivity contribution is 4.71. The van der Waals surface area contributed by atoms with Crippen molar-refractivity contribution < 1.29 is 4.74 Å². The third-order valence-electron chi connectivity index (χ3n) is 3.85. The van der Waals surface area contributed by atoms with Crippen LogP contribution in [0.3, 0.4) is 0 Å². The molecule has 0 aromatic carbocycles. The van der Waals surface area contributed by atoms with Crippen LogP contribution in [0.25, 0.3) is 0 Å². The van der Waals surface area contributed by atoms with Gasteiger partial charge in [0.05, 0.1) is 0 Å². The Bertz CT molecular complexity index is 164. The maximum atomic E-state index is 5.54. The summed E-state index contributed by atoms with van der Waals surface area (Å²) >= 11 is 0. The molecule has 0 heterocycles. The predicted molar refractivity (Wildman–Crippen MR) is 74.3 cm³/mol. The first-order chi connectivity index (χ1) is 8.33. The zero-order valence-electron chi connectivity index (χ0n) is 11.8. The largest absolute Gasteiger partial charge is 0.381 e. The smallest absolute Gasteiger partial charge is 0.0478 e. The van der Waals surface area contributed by atoms with Crippen molar-refractivity contribution in [3.05, 3.63) is 0 Å². The molecule has 0 aromatic rings. The molecule has 0 radical (unpaired) electrons. The molecular formula is C15H31NO. The van der Waals surface area contributed by atoms with E-state index in [2.05, 4.69) is 19.2 Å². The summed E-state index contributed by atoms with van der Waals surface area (Å²) in [7, 11) is 0. The van der Waals surface area contributed by atoms with Crippen LogP contribution in [0.2, 0.25) is 0 Å². The molecule has 2 nitrogen and oxygen atoms in total. The van der Waals surface area contributed by atoms with E-state index < -0.39 is 0 Å². The number of hydrogen-bond donors (Lipinski definition) is 1. The third kappa shape index (κ3) is 7.77. The topological polar surface area (TPSA) is 21.3 Å². The van der Waals surface area contributed by atoms with Crippen molar-refractivity contribution in [2.24, 2.45) is 11.8 Å². The van der Waals surface area contributed by atoms with Gasteiger partial charge in [-0.3, -0.25) is 0 Å². The zero-order chi connectivity index (χ0) is 12.3. The molecule has 0 aliphatic heterocycles. The summed E-state index contributed by atoms with van der Waals surface area (Å²) in [6.07, 6.45) is 9.33. The molecule has 0 bridgehead atoms. The maximum Gasteiger partial charge on any atom is 0.0478 e. The van der Waals surface area contributed by atoms with Crippen molar-refractivity contribution in [2.45, 2.75) is 58.8 Å². The molecule has 0 spiro atoms. The van der Waals surface area contributed by atoms with Gasteiger partial charge in [-0.2, -0.15) is 0 Å². The second-order valence-corrected chi connectivity index (χ2v) is 5.65. The number of ether oxygens (including phenoxy) is 1. The average Bonchev–Trinajstić information content (AvgIpc) is 2.35. The van der Waals surface area contributed by atoms with Crippen molar-refractivity contribution >= 4 is 0 Å². The molecule has 0 atom stereocenters. The molecule has 0 unspecified atom stereocenters. The number of nitrogens with one attached hydrogen (secondary N) is 1. The van der Waals surface area contributed by atoms with Gasteiger partial charge in [-0.15, -0.1) is 0 Å². The summed E-state index contributed by atoms with van der Waals surface area (Å²) in [5.41, 5.74) is 0. The Morgan fingerprint density at radius 2 is 1.76 bits per heavy atom. The van der Waals surface area contributed by atoms with Gasteiger partial charge in [0, 0.05) is 13.2 Å². The number of hydrogen-bond acceptors (Lipinski definition) is 2. The van der Waals surface area contributed by atoms with Crippen LogP contribution in [0.4, 0.5) is 0 Å². The molecule has 1 rings (SSSR count). The molecular weight excluding hydrogens is 210 g/mol. The fourth-order valence-electron chi connectivity index (χ4n) is 2.49. The van der Waals surface area contributed by atoms with E-state index in [9.17, 15) is 0 Å². The number of unbranched alkanes of at least 4 members (excludes halogenated alkanes) is 1. The molecule has 0 aromatic heterocycles. The van der Waals surface area contributed by atoms with Crippen molar-refractivity contribution in [3.63, 3.8) is 0 Å². The summed E-state index contributed by atoms with van der Waals surface area (Å²) in [6.45, 7) is 8.80. The van der Waals surface area contributed by atoms with Gasteiger partial charge >= 0.3 is 0 Å². The molecule has 0 saturated heterocycles. The Balaban J connectivity index is 1.81. The van der Waals surface area contributed by atoms with Gasteiger partial charge in [-0.25, -0.2) is 0 Å². The number of rotatable bonds is 9. The van der Waals surface area contributed by atoms with Crippen LogP contribution in [0, 0.1) is 11.8 Å². The molecule has 1 aliphatic rings. The van der Waals surface area contributed by atoms with Crippen molar-refractivity contribution in [3.8, 4) is 0 Å². The van der Waals surface area contributed by atoms with Crippen LogP contribution >= 0.6 is 0 Å². The minimum Gasteiger partial charge on any atom is -0.381 e. The fourth-order valence-corrected chi connectivity index (χ4v) is 2.49. The Morgan fingerprint density at radius 3 is 2.47 bits per heavy atom. The van der Waals surface area contributed by atoms with Crippen LogP contribution in [0.1, 0.15) is 58.8 Å². The Labute approximate surface area is 108 Å². The Hall–Kier alpha value is -0.0800. The highest BCUT2D eigenvalue weighted by Gasteiger charge is 2.17. The normalized spacial score (nSPS) is 25.1. The second kappa shape index (κ2) is 9.90. The van der Waals surface area contributed by atoms with Crippen LogP contribution in [0.5, 0.6) is 0 Å². The van der Waals surface area contributed by atoms with E-state index in [1.54, 1.807) is 0 Å². The minimum atomic E-state index is 0.925. The van der Waals surface area contributed by atoms with Gasteiger partial charge in [0.25, 0.3) is 0 Å². The van der Waals surface area contributed by atoms with Crippen LogP contribution < -0.4 is 5.32 Å². The van der Waals surface area contributed by atoms with E-state index in [0.717, 1.165) is 38.0 Å². The highest BCUT2D eigenvalue weighted by atomic mass is 16.5. The van der Waals surface area contributed by atoms with Gasteiger partial charge in [0.2, 0.25) is 0 Å². The molecule has 0 amide bonds. The van der Waals surface area contributed by atoms with E-state index in [-0.39, 0.29) is 0 Å². The van der Waals surface area contributed by atoms with Crippen LogP contribution in [-0.4, -0.2) is 26.3 Å². The highest BCUT2D eigenvalue weighted by Crippen LogP contribution is 2.27. The first kappa shape index (κ1) is 15.0. The van der Waals surface area contributed by atoms with Gasteiger partial charge in [0.15, 0.2) is 0 Å². The molecule has 1 aliphatic carbocycles. The van der Waals surface area contributed by atoms with E-state index in [0.29, 0.717) is 0 Å². The van der Waals surface area contributed by atoms with E-state index in [4.69, 9.17) is 4.74 Å². The molecule has 2 heteroatoms. The van der Waals surface area contributed by atoms with Crippen molar-refractivity contribution in [1.82, 2.24) is 5.32 Å². The quantitative estimate of drug-likeness (QED) is 0.623. The molecule has 1 N–H and O–H groups in total. The summed E-state index contributed by atoms with van der Waals surface area (Å²) < 4.78 is 5.54. The lowest BCUT2D eigenvalue weighted by molar-refractivity contribution is 0.128. The first-order valence-corrected chi connectivity index (χ1v) is 7.61. The van der Waals surface area contributed by atoms with Crippen LogP contribution in [0.15, 0.2) is 0 Å². The monoisotopic (exact) mass is 241 g/mol. The van der Waals surface area contributed by atoms with Gasteiger partial charge in [-0.1, -0.05) is 33.1 Å². The molecule has 1 saturated carbocycles. The minimum absolute atomic E-state index is 0.925. The van der Waals surface area contributed by atoms with Crippen molar-refractivity contribution in [2.75, 3.05) is 26.3 Å². The molecule has 1 fully saturated rings. The maximum absolute atomic E-state index is 5.54. The summed E-state index contributed by atoms with van der Waals surface area (Å²) in [5, 5.41) is 3.58. The van der Waals surface area contributed by atoms with E-state index >= 15 is 0 Å². The fraction of sp³-hybridized carbons (Fsp3) is 1.00. The Kier molecular flexibility index (Phi) is 8.72. The summed E-state index contributed by atoms with van der Waals surface area (Å²) in [6, 6.07) is 0. The van der Waals surface area contributed by atoms with Crippen LogP contribution in [-0.2, 0) is 4.74 Å². The first-order valence-electron chi connectivity index (χ1n) is 7.61. The van der Waals surface area contributed by atoms with Gasteiger partial charge in [0.1, 0.15) is 0 Å². The average molecular weight is 241 g/mol. The second-order valence-electron chi connectivity index (χ2n) is 5.65. The molecule has 102 valence electrons. The molecule has 17 heavy (non-hydrogen) atoms. The zero-order valence-corrected chi connectivity index (χ0v) is 11.8. The lowest BCUT2D eigenvalue weighted by atomic mass is 9.83. The van der Waals surface area contributed by atoms with E-state index in [1.807, 2.05) is 0 Å². The Morgan fingerprint density at radius 1 is 1.06 bits per heavy atom.